The third kappa shape index (κ3) is 14.6. The van der Waals surface area contributed by atoms with E-state index in [1.165, 1.54) is 12.1 Å². The van der Waals surface area contributed by atoms with Gasteiger partial charge in [-0.15, -0.1) is 0 Å². The quantitative estimate of drug-likeness (QED) is 0.325. The van der Waals surface area contributed by atoms with Crippen LogP contribution in [0.5, 0.6) is 0 Å². The molecule has 2 aromatic rings. The first kappa shape index (κ1) is 30.8. The zero-order valence-electron chi connectivity index (χ0n) is 20.8. The van der Waals surface area contributed by atoms with Crippen LogP contribution in [0.2, 0.25) is 5.15 Å². The minimum atomic E-state index is -0.827. The smallest absolute Gasteiger partial charge is 0.135 e. The van der Waals surface area contributed by atoms with Crippen LogP contribution in [0.4, 0.5) is 14.5 Å². The van der Waals surface area contributed by atoms with Crippen molar-refractivity contribution in [2.24, 2.45) is 4.99 Å². The summed E-state index contributed by atoms with van der Waals surface area (Å²) in [5, 5.41) is 9.71. The zero-order valence-corrected chi connectivity index (χ0v) is 21.6. The van der Waals surface area contributed by atoms with Crippen molar-refractivity contribution >= 4 is 28.8 Å². The van der Waals surface area contributed by atoms with Crippen LogP contribution in [-0.4, -0.2) is 27.2 Å². The molecule has 0 atom stereocenters. The maximum absolute atomic E-state index is 12.6. The lowest BCUT2D eigenvalue weighted by Gasteiger charge is -2.14. The molecule has 0 amide bonds. The number of hydrogen-bond donors (Lipinski definition) is 1. The first-order valence-electron chi connectivity index (χ1n) is 11.0. The van der Waals surface area contributed by atoms with Crippen LogP contribution in [0.1, 0.15) is 77.1 Å². The predicted molar refractivity (Wildman–Crippen MR) is 134 cm³/mol. The molecule has 0 radical (unpaired) electrons. The van der Waals surface area contributed by atoms with Crippen molar-refractivity contribution in [2.45, 2.75) is 86.4 Å². The number of nitrogens with zero attached hydrogens (tertiary/aromatic N) is 2. The van der Waals surface area contributed by atoms with Crippen LogP contribution in [0, 0.1) is 19.7 Å². The normalized spacial score (nSPS) is 11.2. The predicted octanol–water partition coefficient (Wildman–Crippen LogP) is 7.67. The number of carbonyl (C=O) groups excluding carboxylic acids is 1. The second-order valence-electron chi connectivity index (χ2n) is 8.45. The Morgan fingerprint density at radius 1 is 1.18 bits per heavy atom. The van der Waals surface area contributed by atoms with E-state index in [9.17, 15) is 18.7 Å². The van der Waals surface area contributed by atoms with Gasteiger partial charge in [-0.3, -0.25) is 9.79 Å². The van der Waals surface area contributed by atoms with Crippen LogP contribution >= 0.6 is 11.6 Å². The summed E-state index contributed by atoms with van der Waals surface area (Å²) in [5.41, 5.74) is 3.00. The van der Waals surface area contributed by atoms with Crippen molar-refractivity contribution in [3.8, 4) is 0 Å². The molecule has 1 aromatic heterocycles. The van der Waals surface area contributed by atoms with Gasteiger partial charge in [0.2, 0.25) is 0 Å². The summed E-state index contributed by atoms with van der Waals surface area (Å²) in [6.07, 6.45) is 2.70. The molecule has 184 valence electrons. The van der Waals surface area contributed by atoms with Crippen molar-refractivity contribution < 1.29 is 18.7 Å². The highest BCUT2D eigenvalue weighted by Crippen LogP contribution is 2.19. The number of hydrogen-bond acceptors (Lipinski definition) is 4. The van der Waals surface area contributed by atoms with Gasteiger partial charge in [0.25, 0.3) is 0 Å². The Bertz CT molecular complexity index is 910. The lowest BCUT2D eigenvalue weighted by Crippen LogP contribution is -2.22. The van der Waals surface area contributed by atoms with E-state index in [2.05, 4.69) is 16.9 Å². The van der Waals surface area contributed by atoms with E-state index < -0.39 is 18.1 Å². The minimum absolute atomic E-state index is 0.130. The Labute approximate surface area is 202 Å². The Morgan fingerprint density at radius 2 is 1.82 bits per heavy atom. The first-order chi connectivity index (χ1) is 15.3. The Kier molecular flexibility index (Phi) is 14.6. The summed E-state index contributed by atoms with van der Waals surface area (Å²) < 4.78 is 24.5. The molecule has 0 fully saturated rings. The Morgan fingerprint density at radius 3 is 2.27 bits per heavy atom. The average molecular weight is 483 g/mol. The molecule has 0 aliphatic rings. The van der Waals surface area contributed by atoms with Crippen molar-refractivity contribution in [1.29, 1.82) is 0 Å². The Balaban J connectivity index is 0.000000472. The molecular formula is C26H37ClF2N2O2. The molecule has 0 spiro atoms. The fourth-order valence-corrected chi connectivity index (χ4v) is 2.73. The zero-order chi connectivity index (χ0) is 25.6. The lowest BCUT2D eigenvalue weighted by molar-refractivity contribution is -0.122. The molecule has 0 saturated carbocycles. The van der Waals surface area contributed by atoms with E-state index in [1.54, 1.807) is 32.9 Å². The fourth-order valence-electron chi connectivity index (χ4n) is 2.54. The number of ketones is 1. The highest BCUT2D eigenvalue weighted by molar-refractivity contribution is 6.29. The van der Waals surface area contributed by atoms with E-state index >= 15 is 0 Å². The number of aliphatic hydroxyl groups is 1. The van der Waals surface area contributed by atoms with Crippen LogP contribution in [-0.2, 0) is 11.5 Å². The molecule has 0 aliphatic heterocycles. The highest BCUT2D eigenvalue weighted by Gasteiger charge is 2.16. The standard InChI is InChI=1S/C10H13ClN2.C8H8F2.C8H16O2/c1-4-7(2)12-9-5-6-10(11)13-8(9)3;1-6-2-3-7(5-9)8(10)4-6;1-4-5-7(9)6-8(2,3)10/h5-6H,4H2,1-3H3;2-4H,5H2,1H3;10H,4-6H2,1-3H3. The monoisotopic (exact) mass is 482 g/mol. The average Bonchev–Trinajstić information content (AvgIpc) is 2.70. The molecule has 7 heteroatoms. The van der Waals surface area contributed by atoms with Gasteiger partial charge in [-0.25, -0.2) is 13.8 Å². The highest BCUT2D eigenvalue weighted by atomic mass is 35.5. The number of rotatable bonds is 7. The lowest BCUT2D eigenvalue weighted by atomic mass is 10.00. The molecule has 33 heavy (non-hydrogen) atoms. The topological polar surface area (TPSA) is 62.5 Å². The summed E-state index contributed by atoms with van der Waals surface area (Å²) in [4.78, 5) is 19.4. The van der Waals surface area contributed by atoms with Gasteiger partial charge in [0.1, 0.15) is 23.4 Å². The van der Waals surface area contributed by atoms with E-state index in [-0.39, 0.29) is 17.8 Å². The maximum atomic E-state index is 12.6. The molecule has 0 bridgehead atoms. The van der Waals surface area contributed by atoms with E-state index in [0.717, 1.165) is 35.5 Å². The summed E-state index contributed by atoms with van der Waals surface area (Å²) >= 11 is 5.73. The van der Waals surface area contributed by atoms with Gasteiger partial charge in [-0.1, -0.05) is 37.6 Å². The summed E-state index contributed by atoms with van der Waals surface area (Å²) in [5.74, 6) is -0.308. The molecular weight excluding hydrogens is 446 g/mol. The van der Waals surface area contributed by atoms with Crippen LogP contribution in [0.3, 0.4) is 0 Å². The number of benzene rings is 1. The summed E-state index contributed by atoms with van der Waals surface area (Å²) in [7, 11) is 0. The van der Waals surface area contributed by atoms with E-state index in [0.29, 0.717) is 11.6 Å². The van der Waals surface area contributed by atoms with Gasteiger partial charge < -0.3 is 5.11 Å². The van der Waals surface area contributed by atoms with Gasteiger partial charge in [-0.05, 0) is 71.2 Å². The molecule has 0 unspecified atom stereocenters. The van der Waals surface area contributed by atoms with Crippen molar-refractivity contribution in [1.82, 2.24) is 4.98 Å². The van der Waals surface area contributed by atoms with Gasteiger partial charge in [-0.2, -0.15) is 0 Å². The SMILES string of the molecule is CCC(C)=Nc1ccc(Cl)nc1C.CCCC(=O)CC(C)(C)O.Cc1ccc(CF)c(F)c1. The second-order valence-corrected chi connectivity index (χ2v) is 8.83. The maximum Gasteiger partial charge on any atom is 0.135 e. The van der Waals surface area contributed by atoms with Crippen LogP contribution < -0.4 is 0 Å². The number of halogens is 3. The van der Waals surface area contributed by atoms with Crippen molar-refractivity contribution in [3.05, 3.63) is 58.1 Å². The number of aromatic nitrogens is 1. The molecule has 1 aromatic carbocycles. The largest absolute Gasteiger partial charge is 0.390 e. The van der Waals surface area contributed by atoms with Gasteiger partial charge in [0, 0.05) is 24.1 Å². The molecule has 1 heterocycles. The minimum Gasteiger partial charge on any atom is -0.390 e. The van der Waals surface area contributed by atoms with E-state index in [1.807, 2.05) is 26.8 Å². The van der Waals surface area contributed by atoms with Crippen molar-refractivity contribution in [2.75, 3.05) is 0 Å². The molecule has 4 nitrogen and oxygen atoms in total. The molecule has 1 N–H and O–H groups in total. The number of aryl methyl sites for hydroxylation is 2. The van der Waals surface area contributed by atoms with E-state index in [4.69, 9.17) is 11.6 Å². The third-order valence-electron chi connectivity index (χ3n) is 4.36. The Hall–Kier alpha value is -2.18. The third-order valence-corrected chi connectivity index (χ3v) is 4.57. The first-order valence-corrected chi connectivity index (χ1v) is 11.4. The summed E-state index contributed by atoms with van der Waals surface area (Å²) in [6.45, 7) is 12.3. The number of aliphatic imine (C=N–C) groups is 1. The molecule has 0 saturated heterocycles. The molecule has 0 aliphatic carbocycles. The number of alkyl halides is 1. The summed E-state index contributed by atoms with van der Waals surface area (Å²) in [6, 6.07) is 8.14. The van der Waals surface area contributed by atoms with Gasteiger partial charge >= 0.3 is 0 Å². The number of carbonyl (C=O) groups is 1. The molecule has 2 rings (SSSR count). The number of pyridine rings is 1. The van der Waals surface area contributed by atoms with Gasteiger partial charge in [0.05, 0.1) is 17.0 Å². The number of Topliss-reactive ketones (excluding diaryl/α,β-unsaturated/α-hetero) is 1. The van der Waals surface area contributed by atoms with Crippen LogP contribution in [0.25, 0.3) is 0 Å². The van der Waals surface area contributed by atoms with Crippen molar-refractivity contribution in [3.63, 3.8) is 0 Å². The van der Waals surface area contributed by atoms with Gasteiger partial charge in [0.15, 0.2) is 0 Å². The van der Waals surface area contributed by atoms with Crippen LogP contribution in [0.15, 0.2) is 35.3 Å². The fraction of sp³-hybridized carbons (Fsp3) is 0.500. The second kappa shape index (κ2) is 15.6.